The molecule has 0 aliphatic heterocycles. The Balaban J connectivity index is -0.0000000787. The molecule has 0 bridgehead atoms. The van der Waals surface area contributed by atoms with Crippen molar-refractivity contribution < 1.29 is 22.9 Å². The zero-order chi connectivity index (χ0) is 9.15. The highest BCUT2D eigenvalue weighted by atomic mass is 32.2. The molecule has 0 aromatic rings. The number of ketones is 1. The highest BCUT2D eigenvalue weighted by Gasteiger charge is 1.63. The van der Waals surface area contributed by atoms with E-state index in [1.807, 2.05) is 6.79 Å². The van der Waals surface area contributed by atoms with Crippen LogP contribution in [0.25, 0.3) is 0 Å². The third kappa shape index (κ3) is 875. The number of hydrogen-bond acceptors (Lipinski definition) is 3. The van der Waals surface area contributed by atoms with Gasteiger partial charge in [-0.2, -0.15) is 4.21 Å². The van der Waals surface area contributed by atoms with E-state index in [9.17, 15) is 4.79 Å². The molecule has 0 rings (SSSR count). The van der Waals surface area contributed by atoms with Gasteiger partial charge in [-0.25, -0.2) is 0 Å². The second kappa shape index (κ2) is 15.8. The smallest absolute Gasteiger partial charge is 0.299 e. The summed E-state index contributed by atoms with van der Waals surface area (Å²) >= 11 is -2.61. The molecule has 0 fully saturated rings. The molecule has 0 spiro atoms. The first-order valence-corrected chi connectivity index (χ1v) is 3.09. The number of carbonyl (C=O) groups excluding carboxylic acids is 2. The summed E-state index contributed by atoms with van der Waals surface area (Å²) in [5.74, 6) is 0.167. The van der Waals surface area contributed by atoms with Crippen molar-refractivity contribution >= 4 is 23.9 Å². The first-order valence-electron chi connectivity index (χ1n) is 2.02. The zero-order valence-corrected chi connectivity index (χ0v) is 6.55. The summed E-state index contributed by atoms with van der Waals surface area (Å²) in [4.78, 5) is 17.4. The highest BCUT2D eigenvalue weighted by molar-refractivity contribution is 7.73. The lowest BCUT2D eigenvalue weighted by Gasteiger charge is -1.59. The van der Waals surface area contributed by atoms with E-state index in [1.54, 1.807) is 0 Å². The van der Waals surface area contributed by atoms with Gasteiger partial charge in [-0.15, -0.1) is 0 Å². The van der Waals surface area contributed by atoms with Crippen molar-refractivity contribution in [2.24, 2.45) is 0 Å². The summed E-state index contributed by atoms with van der Waals surface area (Å²) in [6.07, 6.45) is 0. The van der Waals surface area contributed by atoms with Crippen molar-refractivity contribution in [2.45, 2.75) is 13.8 Å². The Morgan fingerprint density at radius 1 is 1.30 bits per heavy atom. The van der Waals surface area contributed by atoms with E-state index in [0.717, 1.165) is 0 Å². The Morgan fingerprint density at radius 2 is 1.30 bits per heavy atom. The summed E-state index contributed by atoms with van der Waals surface area (Å²) in [6, 6.07) is 0. The van der Waals surface area contributed by atoms with Crippen LogP contribution in [0.5, 0.6) is 0 Å². The average molecular weight is 170 g/mol. The lowest BCUT2D eigenvalue weighted by atomic mass is 10.6. The molecule has 0 amide bonds. The molecule has 0 aromatic carbocycles. The van der Waals surface area contributed by atoms with Crippen molar-refractivity contribution in [1.82, 2.24) is 0 Å². The third-order valence-corrected chi connectivity index (χ3v) is 0. The van der Waals surface area contributed by atoms with E-state index >= 15 is 0 Å². The van der Waals surface area contributed by atoms with E-state index < -0.39 is 11.4 Å². The predicted octanol–water partition coefficient (Wildman–Crippen LogP) is 0.0915. The number of hydrogen-bond donors (Lipinski definition) is 2. The fourth-order valence-corrected chi connectivity index (χ4v) is 0. The van der Waals surface area contributed by atoms with Gasteiger partial charge in [-0.1, -0.05) is 0 Å². The van der Waals surface area contributed by atoms with Gasteiger partial charge in [-0.3, -0.25) is 9.11 Å². The van der Waals surface area contributed by atoms with Crippen molar-refractivity contribution in [3.05, 3.63) is 0 Å². The SMILES string of the molecule is C=O.CC(C)=O.O=S(O)O. The Kier molecular flexibility index (Phi) is 25.6. The average Bonchev–Trinajstić information content (AvgIpc) is 1.66. The first-order chi connectivity index (χ1) is 4.46. The molecule has 62 valence electrons. The maximum absolute atomic E-state index is 9.44. The highest BCUT2D eigenvalue weighted by Crippen LogP contribution is 1.50. The minimum absolute atomic E-state index is 0.167. The maximum atomic E-state index is 9.44. The fraction of sp³-hybridized carbons (Fsp3) is 0.500. The molecule has 0 radical (unpaired) electrons. The van der Waals surface area contributed by atoms with E-state index in [1.165, 1.54) is 13.8 Å². The molecule has 6 heteroatoms. The normalized spacial score (nSPS) is 6.50. The van der Waals surface area contributed by atoms with Gasteiger partial charge in [0.2, 0.25) is 0 Å². The summed E-state index contributed by atoms with van der Waals surface area (Å²) in [5.41, 5.74) is 0. The van der Waals surface area contributed by atoms with Crippen LogP contribution >= 0.6 is 0 Å². The van der Waals surface area contributed by atoms with Gasteiger partial charge in [0.15, 0.2) is 0 Å². The molecule has 0 unspecified atom stereocenters. The summed E-state index contributed by atoms with van der Waals surface area (Å²) in [7, 11) is 0. The first kappa shape index (κ1) is 16.2. The Bertz CT molecular complexity index is 81.8. The van der Waals surface area contributed by atoms with Crippen LogP contribution in [0.15, 0.2) is 0 Å². The minimum atomic E-state index is -2.61. The minimum Gasteiger partial charge on any atom is -0.307 e. The molecule has 2 N–H and O–H groups in total. The Morgan fingerprint density at radius 3 is 1.30 bits per heavy atom. The van der Waals surface area contributed by atoms with Crippen molar-refractivity contribution in [2.75, 3.05) is 0 Å². The third-order valence-electron chi connectivity index (χ3n) is 0. The van der Waals surface area contributed by atoms with Crippen LogP contribution < -0.4 is 0 Å². The van der Waals surface area contributed by atoms with Crippen molar-refractivity contribution in [3.8, 4) is 0 Å². The molecule has 0 aliphatic carbocycles. The van der Waals surface area contributed by atoms with Crippen LogP contribution in [-0.2, 0) is 21.0 Å². The molecular formula is C4H10O5S. The van der Waals surface area contributed by atoms with Gasteiger partial charge < -0.3 is 9.59 Å². The molecule has 0 atom stereocenters. The van der Waals surface area contributed by atoms with E-state index in [-0.39, 0.29) is 5.78 Å². The monoisotopic (exact) mass is 170 g/mol. The second-order valence-corrected chi connectivity index (χ2v) is 1.60. The van der Waals surface area contributed by atoms with E-state index in [0.29, 0.717) is 0 Å². The van der Waals surface area contributed by atoms with E-state index in [2.05, 4.69) is 0 Å². The van der Waals surface area contributed by atoms with Gasteiger partial charge in [0.25, 0.3) is 11.4 Å². The van der Waals surface area contributed by atoms with Gasteiger partial charge >= 0.3 is 0 Å². The second-order valence-electron chi connectivity index (χ2n) is 1.14. The molecule has 10 heavy (non-hydrogen) atoms. The van der Waals surface area contributed by atoms with Crippen molar-refractivity contribution in [1.29, 1.82) is 0 Å². The standard InChI is InChI=1S/C3H6O.CH2O.H2O3S/c1-3(2)4;1-2;1-4(2)3/h1-2H3;1H2;(H2,1,2,3). The van der Waals surface area contributed by atoms with Crippen LogP contribution in [0, 0.1) is 0 Å². The zero-order valence-electron chi connectivity index (χ0n) is 5.73. The summed E-state index contributed by atoms with van der Waals surface area (Å²) < 4.78 is 22.8. The molecule has 0 aliphatic rings. The number of carbonyl (C=O) groups is 2. The quantitative estimate of drug-likeness (QED) is 0.503. The fourth-order valence-electron chi connectivity index (χ4n) is 0. The maximum Gasteiger partial charge on any atom is 0.299 e. The largest absolute Gasteiger partial charge is 0.307 e. The Hall–Kier alpha value is -0.590. The number of Topliss-reactive ketones (excluding diaryl/α,β-unsaturated/α-hetero) is 1. The molecule has 0 saturated heterocycles. The molecule has 0 aromatic heterocycles. The lowest BCUT2D eigenvalue weighted by molar-refractivity contribution is -0.115. The van der Waals surface area contributed by atoms with Gasteiger partial charge in [-0.05, 0) is 13.8 Å². The molecule has 0 saturated carbocycles. The summed E-state index contributed by atoms with van der Waals surface area (Å²) in [6.45, 7) is 5.06. The lowest BCUT2D eigenvalue weighted by Crippen LogP contribution is -1.74. The van der Waals surface area contributed by atoms with E-state index in [4.69, 9.17) is 18.1 Å². The van der Waals surface area contributed by atoms with Crippen LogP contribution in [0.2, 0.25) is 0 Å². The van der Waals surface area contributed by atoms with Gasteiger partial charge in [0.1, 0.15) is 12.6 Å². The van der Waals surface area contributed by atoms with Crippen LogP contribution in [0.1, 0.15) is 13.8 Å². The van der Waals surface area contributed by atoms with Crippen LogP contribution in [-0.4, -0.2) is 25.9 Å². The molecular weight excluding hydrogens is 160 g/mol. The van der Waals surface area contributed by atoms with Gasteiger partial charge in [0.05, 0.1) is 0 Å². The topological polar surface area (TPSA) is 91.7 Å². The summed E-state index contributed by atoms with van der Waals surface area (Å²) in [5, 5.41) is 0. The number of rotatable bonds is 0. The van der Waals surface area contributed by atoms with Crippen molar-refractivity contribution in [3.63, 3.8) is 0 Å². The van der Waals surface area contributed by atoms with Gasteiger partial charge in [0, 0.05) is 0 Å². The van der Waals surface area contributed by atoms with Crippen LogP contribution in [0.4, 0.5) is 0 Å². The molecule has 0 heterocycles. The Labute approximate surface area is 61.5 Å². The predicted molar refractivity (Wildman–Crippen MR) is 36.9 cm³/mol. The van der Waals surface area contributed by atoms with Crippen LogP contribution in [0.3, 0.4) is 0 Å². The molecule has 5 nitrogen and oxygen atoms in total.